The van der Waals surface area contributed by atoms with Crippen molar-refractivity contribution < 1.29 is 22.4 Å². The average Bonchev–Trinajstić information content (AvgIpc) is 2.14. The fraction of sp³-hybridized carbons (Fsp3) is 0.889. The van der Waals surface area contributed by atoms with E-state index >= 15 is 0 Å². The summed E-state index contributed by atoms with van der Waals surface area (Å²) in [4.78, 5) is 10.4. The third-order valence-corrected chi connectivity index (χ3v) is 2.67. The lowest BCUT2D eigenvalue weighted by Gasteiger charge is -2.22. The highest BCUT2D eigenvalue weighted by Crippen LogP contribution is 2.31. The first-order chi connectivity index (χ1) is 6.81. The first-order valence-electron chi connectivity index (χ1n) is 4.60. The van der Waals surface area contributed by atoms with Gasteiger partial charge in [-0.15, -0.1) is 0 Å². The Hall–Kier alpha value is -0.260. The van der Waals surface area contributed by atoms with E-state index in [2.05, 4.69) is 0 Å². The average molecular weight is 246 g/mol. The Balaban J connectivity index is 4.09. The van der Waals surface area contributed by atoms with Crippen molar-refractivity contribution in [3.05, 3.63) is 0 Å². The summed E-state index contributed by atoms with van der Waals surface area (Å²) in [5, 5.41) is -0.312. The van der Waals surface area contributed by atoms with Crippen LogP contribution in [0.25, 0.3) is 0 Å². The van der Waals surface area contributed by atoms with Crippen LogP contribution in [-0.4, -0.2) is 29.1 Å². The van der Waals surface area contributed by atoms with Gasteiger partial charge >= 0.3 is 0 Å². The predicted octanol–water partition coefficient (Wildman–Crippen LogP) is 3.38. The fourth-order valence-corrected chi connectivity index (χ4v) is 1.60. The van der Waals surface area contributed by atoms with E-state index in [-0.39, 0.29) is 17.3 Å². The Kier molecular flexibility index (Phi) is 6.24. The van der Waals surface area contributed by atoms with Crippen LogP contribution in [-0.2, 0) is 4.79 Å². The number of thioether (sulfide) groups is 1. The van der Waals surface area contributed by atoms with Crippen molar-refractivity contribution in [3.63, 3.8) is 0 Å². The van der Waals surface area contributed by atoms with Crippen LogP contribution in [0.2, 0.25) is 0 Å². The van der Waals surface area contributed by atoms with Crippen molar-refractivity contribution >= 4 is 16.9 Å². The molecule has 0 amide bonds. The first kappa shape index (κ1) is 14.7. The molecule has 0 bridgehead atoms. The molecule has 0 fully saturated rings. The van der Waals surface area contributed by atoms with E-state index in [0.29, 0.717) is 11.8 Å². The second-order valence-corrected chi connectivity index (χ2v) is 4.45. The molecule has 0 spiro atoms. The SMILES string of the molecule is CCC(F)C(F)C(F)(F)CCSC(C)=O. The summed E-state index contributed by atoms with van der Waals surface area (Å²) in [5.41, 5.74) is 0. The third kappa shape index (κ3) is 5.39. The van der Waals surface area contributed by atoms with Crippen LogP contribution in [0.1, 0.15) is 26.7 Å². The maximum atomic E-state index is 13.0. The number of rotatable bonds is 6. The normalized spacial score (nSPS) is 16.1. The second kappa shape index (κ2) is 6.35. The lowest BCUT2D eigenvalue weighted by molar-refractivity contribution is -0.109. The van der Waals surface area contributed by atoms with Crippen LogP contribution in [0, 0.1) is 0 Å². The molecule has 6 heteroatoms. The standard InChI is InChI=1S/C9H14F4OS/c1-3-7(10)8(11)9(12,13)4-5-15-6(2)14/h7-8H,3-5H2,1-2H3. The van der Waals surface area contributed by atoms with Gasteiger partial charge < -0.3 is 0 Å². The monoisotopic (exact) mass is 246 g/mol. The molecule has 0 aromatic rings. The largest absolute Gasteiger partial charge is 0.288 e. The molecule has 0 aromatic carbocycles. The van der Waals surface area contributed by atoms with Crippen LogP contribution in [0.3, 0.4) is 0 Å². The minimum atomic E-state index is -3.70. The summed E-state index contributed by atoms with van der Waals surface area (Å²) >= 11 is 0.687. The molecule has 1 nitrogen and oxygen atoms in total. The maximum absolute atomic E-state index is 13.0. The van der Waals surface area contributed by atoms with Gasteiger partial charge in [-0.3, -0.25) is 4.79 Å². The summed E-state index contributed by atoms with van der Waals surface area (Å²) in [7, 11) is 0. The Labute approximate surface area is 90.6 Å². The molecule has 0 rings (SSSR count). The molecule has 0 saturated carbocycles. The number of halogens is 4. The Morgan fingerprint density at radius 3 is 2.33 bits per heavy atom. The highest BCUT2D eigenvalue weighted by molar-refractivity contribution is 8.13. The van der Waals surface area contributed by atoms with E-state index in [9.17, 15) is 22.4 Å². The van der Waals surface area contributed by atoms with Gasteiger partial charge in [0.15, 0.2) is 11.3 Å². The zero-order valence-electron chi connectivity index (χ0n) is 8.60. The summed E-state index contributed by atoms with van der Waals surface area (Å²) in [6, 6.07) is 0. The molecule has 0 N–H and O–H groups in total. The Morgan fingerprint density at radius 1 is 1.40 bits per heavy atom. The lowest BCUT2D eigenvalue weighted by Crippen LogP contribution is -2.37. The minimum Gasteiger partial charge on any atom is -0.288 e. The maximum Gasteiger partial charge on any atom is 0.282 e. The summed E-state index contributed by atoms with van der Waals surface area (Å²) in [6.07, 6.45) is -6.03. The summed E-state index contributed by atoms with van der Waals surface area (Å²) in [5.74, 6) is -3.89. The van der Waals surface area contributed by atoms with Crippen molar-refractivity contribution in [1.82, 2.24) is 0 Å². The molecule has 0 aliphatic carbocycles. The van der Waals surface area contributed by atoms with Gasteiger partial charge in [-0.05, 0) is 6.42 Å². The van der Waals surface area contributed by atoms with Crippen molar-refractivity contribution in [3.8, 4) is 0 Å². The highest BCUT2D eigenvalue weighted by atomic mass is 32.2. The van der Waals surface area contributed by atoms with Gasteiger partial charge in [-0.2, -0.15) is 0 Å². The van der Waals surface area contributed by atoms with E-state index in [4.69, 9.17) is 0 Å². The number of carbonyl (C=O) groups excluding carboxylic acids is 1. The number of carbonyl (C=O) groups is 1. The summed E-state index contributed by atoms with van der Waals surface area (Å²) < 4.78 is 51.5. The van der Waals surface area contributed by atoms with Gasteiger partial charge in [0, 0.05) is 19.1 Å². The molecule has 2 atom stereocenters. The van der Waals surface area contributed by atoms with Gasteiger partial charge in [0.1, 0.15) is 6.17 Å². The van der Waals surface area contributed by atoms with Crippen molar-refractivity contribution in [1.29, 1.82) is 0 Å². The molecule has 0 saturated heterocycles. The van der Waals surface area contributed by atoms with Crippen LogP contribution in [0.4, 0.5) is 17.6 Å². The van der Waals surface area contributed by atoms with Crippen molar-refractivity contribution in [2.24, 2.45) is 0 Å². The Bertz CT molecular complexity index is 210. The molecule has 0 radical (unpaired) electrons. The van der Waals surface area contributed by atoms with Crippen LogP contribution in [0.15, 0.2) is 0 Å². The molecular weight excluding hydrogens is 232 g/mol. The molecule has 0 aromatic heterocycles. The van der Waals surface area contributed by atoms with Crippen LogP contribution >= 0.6 is 11.8 Å². The molecule has 0 heterocycles. The highest BCUT2D eigenvalue weighted by Gasteiger charge is 2.44. The van der Waals surface area contributed by atoms with E-state index in [1.807, 2.05) is 0 Å². The number of alkyl halides is 4. The topological polar surface area (TPSA) is 17.1 Å². The molecule has 15 heavy (non-hydrogen) atoms. The van der Waals surface area contributed by atoms with Crippen molar-refractivity contribution in [2.75, 3.05) is 5.75 Å². The van der Waals surface area contributed by atoms with E-state index in [0.717, 1.165) is 0 Å². The second-order valence-electron chi connectivity index (χ2n) is 3.18. The van der Waals surface area contributed by atoms with Gasteiger partial charge in [-0.25, -0.2) is 17.6 Å². The minimum absolute atomic E-state index is 0.195. The predicted molar refractivity (Wildman–Crippen MR) is 52.8 cm³/mol. The lowest BCUT2D eigenvalue weighted by atomic mass is 10.1. The van der Waals surface area contributed by atoms with Crippen LogP contribution < -0.4 is 0 Å². The number of hydrogen-bond acceptors (Lipinski definition) is 2. The van der Waals surface area contributed by atoms with E-state index in [1.54, 1.807) is 0 Å². The van der Waals surface area contributed by atoms with Crippen molar-refractivity contribution in [2.45, 2.75) is 45.0 Å². The van der Waals surface area contributed by atoms with E-state index in [1.165, 1.54) is 13.8 Å². The molecular formula is C9H14F4OS. The smallest absolute Gasteiger partial charge is 0.282 e. The van der Waals surface area contributed by atoms with Gasteiger partial charge in [0.25, 0.3) is 5.92 Å². The zero-order chi connectivity index (χ0) is 12.1. The zero-order valence-corrected chi connectivity index (χ0v) is 9.42. The van der Waals surface area contributed by atoms with Crippen LogP contribution in [0.5, 0.6) is 0 Å². The van der Waals surface area contributed by atoms with Gasteiger partial charge in [0.05, 0.1) is 0 Å². The first-order valence-corrected chi connectivity index (χ1v) is 5.59. The number of hydrogen-bond donors (Lipinski definition) is 0. The quantitative estimate of drug-likeness (QED) is 0.668. The summed E-state index contributed by atoms with van der Waals surface area (Å²) in [6.45, 7) is 2.54. The fourth-order valence-electron chi connectivity index (χ4n) is 0.940. The molecule has 0 aliphatic rings. The molecule has 90 valence electrons. The van der Waals surface area contributed by atoms with E-state index < -0.39 is 24.7 Å². The molecule has 0 aliphatic heterocycles. The van der Waals surface area contributed by atoms with Gasteiger partial charge in [0.2, 0.25) is 0 Å². The Morgan fingerprint density at radius 2 is 1.93 bits per heavy atom. The molecule has 2 unspecified atom stereocenters. The van der Waals surface area contributed by atoms with Gasteiger partial charge in [-0.1, -0.05) is 18.7 Å². The third-order valence-electron chi connectivity index (χ3n) is 1.85.